The van der Waals surface area contributed by atoms with Gasteiger partial charge >= 0.3 is 0 Å². The molecule has 0 radical (unpaired) electrons. The Morgan fingerprint density at radius 1 is 1.58 bits per heavy atom. The number of ketones is 1. The van der Waals surface area contributed by atoms with Crippen LogP contribution in [0.4, 0.5) is 0 Å². The monoisotopic (exact) mass is 168 g/mol. The van der Waals surface area contributed by atoms with Crippen LogP contribution in [0.25, 0.3) is 0 Å². The average molecular weight is 168 g/mol. The minimum Gasteiger partial charge on any atom is -0.385 e. The number of allylic oxidation sites excluding steroid dienone is 1. The molecule has 2 unspecified atom stereocenters. The molecule has 68 valence electrons. The minimum atomic E-state index is -0.767. The van der Waals surface area contributed by atoms with Gasteiger partial charge in [-0.25, -0.2) is 0 Å². The molecule has 0 heterocycles. The Morgan fingerprint density at radius 3 is 2.83 bits per heavy atom. The van der Waals surface area contributed by atoms with Gasteiger partial charge in [0.05, 0.1) is 0 Å². The molecule has 0 aliphatic heterocycles. The second kappa shape index (κ2) is 3.85. The van der Waals surface area contributed by atoms with E-state index in [2.05, 4.69) is 13.8 Å². The maximum absolute atomic E-state index is 11.0. The van der Waals surface area contributed by atoms with Crippen molar-refractivity contribution in [3.8, 4) is 0 Å². The fourth-order valence-electron chi connectivity index (χ4n) is 1.51. The lowest BCUT2D eigenvalue weighted by Gasteiger charge is -2.19. The van der Waals surface area contributed by atoms with E-state index in [-0.39, 0.29) is 5.78 Å². The number of carbonyl (C=O) groups excluding carboxylic acids is 1. The number of hydrogen-bond donors (Lipinski definition) is 1. The van der Waals surface area contributed by atoms with Crippen molar-refractivity contribution in [2.75, 3.05) is 0 Å². The van der Waals surface area contributed by atoms with Crippen LogP contribution in [0, 0.1) is 11.8 Å². The van der Waals surface area contributed by atoms with Gasteiger partial charge < -0.3 is 5.11 Å². The molecular weight excluding hydrogens is 152 g/mol. The lowest BCUT2D eigenvalue weighted by atomic mass is 9.88. The number of rotatable bonds is 1. The molecule has 1 aliphatic rings. The van der Waals surface area contributed by atoms with Gasteiger partial charge in [0.2, 0.25) is 0 Å². The van der Waals surface area contributed by atoms with E-state index in [1.165, 1.54) is 6.08 Å². The van der Waals surface area contributed by atoms with Crippen molar-refractivity contribution in [1.82, 2.24) is 0 Å². The van der Waals surface area contributed by atoms with Crippen molar-refractivity contribution in [2.24, 2.45) is 11.8 Å². The van der Waals surface area contributed by atoms with Gasteiger partial charge in [-0.2, -0.15) is 0 Å². The van der Waals surface area contributed by atoms with E-state index < -0.39 is 6.10 Å². The molecule has 0 aromatic carbocycles. The summed E-state index contributed by atoms with van der Waals surface area (Å²) < 4.78 is 0. The summed E-state index contributed by atoms with van der Waals surface area (Å²) in [4.78, 5) is 11.0. The molecule has 1 N–H and O–H groups in total. The molecule has 12 heavy (non-hydrogen) atoms. The van der Waals surface area contributed by atoms with Gasteiger partial charge in [0, 0.05) is 0 Å². The number of aliphatic hydroxyl groups excluding tert-OH is 1. The zero-order valence-electron chi connectivity index (χ0n) is 7.66. The molecule has 1 aliphatic carbocycles. The summed E-state index contributed by atoms with van der Waals surface area (Å²) in [5.41, 5.74) is 0. The van der Waals surface area contributed by atoms with Crippen molar-refractivity contribution >= 4 is 5.78 Å². The Morgan fingerprint density at radius 2 is 2.25 bits per heavy atom. The third-order valence-corrected chi connectivity index (χ3v) is 2.52. The Bertz CT molecular complexity index is 194. The predicted octanol–water partition coefficient (Wildman–Crippen LogP) is 1.54. The van der Waals surface area contributed by atoms with Crippen molar-refractivity contribution in [2.45, 2.75) is 32.8 Å². The average Bonchev–Trinajstić information content (AvgIpc) is 2.15. The molecule has 0 bridgehead atoms. The second-order valence-corrected chi connectivity index (χ2v) is 3.80. The fourth-order valence-corrected chi connectivity index (χ4v) is 1.51. The molecule has 0 spiro atoms. The smallest absolute Gasteiger partial charge is 0.183 e. The van der Waals surface area contributed by atoms with Crippen LogP contribution >= 0.6 is 0 Å². The molecule has 1 rings (SSSR count). The van der Waals surface area contributed by atoms with Crippen molar-refractivity contribution < 1.29 is 9.90 Å². The quantitative estimate of drug-likeness (QED) is 0.644. The summed E-state index contributed by atoms with van der Waals surface area (Å²) in [5.74, 6) is 0.844. The van der Waals surface area contributed by atoms with Gasteiger partial charge in [0.15, 0.2) is 5.78 Å². The van der Waals surface area contributed by atoms with Crippen molar-refractivity contribution in [3.63, 3.8) is 0 Å². The van der Waals surface area contributed by atoms with E-state index in [1.807, 2.05) is 6.08 Å². The number of hydrogen-bond acceptors (Lipinski definition) is 2. The van der Waals surface area contributed by atoms with Gasteiger partial charge in [0.1, 0.15) is 6.10 Å². The lowest BCUT2D eigenvalue weighted by molar-refractivity contribution is -0.122. The molecule has 2 atom stereocenters. The molecule has 0 amide bonds. The number of aliphatic hydroxyl groups is 1. The van der Waals surface area contributed by atoms with Crippen LogP contribution in [-0.4, -0.2) is 17.0 Å². The Hall–Kier alpha value is -0.630. The van der Waals surface area contributed by atoms with E-state index in [0.717, 1.165) is 6.42 Å². The summed E-state index contributed by atoms with van der Waals surface area (Å²) in [6.07, 6.45) is 4.15. The third kappa shape index (κ3) is 2.18. The van der Waals surface area contributed by atoms with E-state index in [1.54, 1.807) is 0 Å². The normalized spacial score (nSPS) is 30.8. The molecule has 0 aromatic heterocycles. The van der Waals surface area contributed by atoms with Gasteiger partial charge in [-0.15, -0.1) is 0 Å². The highest BCUT2D eigenvalue weighted by atomic mass is 16.3. The van der Waals surface area contributed by atoms with Crippen molar-refractivity contribution in [1.29, 1.82) is 0 Å². The first-order valence-corrected chi connectivity index (χ1v) is 4.49. The van der Waals surface area contributed by atoms with Gasteiger partial charge in [-0.3, -0.25) is 4.79 Å². The summed E-state index contributed by atoms with van der Waals surface area (Å²) in [5, 5.41) is 9.38. The zero-order valence-corrected chi connectivity index (χ0v) is 7.66. The van der Waals surface area contributed by atoms with Gasteiger partial charge in [-0.05, 0) is 30.8 Å². The Balaban J connectivity index is 2.63. The maximum atomic E-state index is 11.0. The highest BCUT2D eigenvalue weighted by Gasteiger charge is 2.22. The molecule has 0 fully saturated rings. The first kappa shape index (κ1) is 9.46. The van der Waals surface area contributed by atoms with Crippen LogP contribution in [0.15, 0.2) is 12.2 Å². The van der Waals surface area contributed by atoms with Crippen molar-refractivity contribution in [3.05, 3.63) is 12.2 Å². The first-order chi connectivity index (χ1) is 5.61. The highest BCUT2D eigenvalue weighted by molar-refractivity contribution is 5.93. The van der Waals surface area contributed by atoms with Crippen LogP contribution in [0.5, 0.6) is 0 Å². The Kier molecular flexibility index (Phi) is 3.04. The van der Waals surface area contributed by atoms with Crippen LogP contribution in [-0.2, 0) is 4.79 Å². The summed E-state index contributed by atoms with van der Waals surface area (Å²) in [6, 6.07) is 0. The van der Waals surface area contributed by atoms with Crippen LogP contribution in [0.3, 0.4) is 0 Å². The molecule has 0 aromatic rings. The van der Waals surface area contributed by atoms with Crippen LogP contribution < -0.4 is 0 Å². The van der Waals surface area contributed by atoms with Gasteiger partial charge in [-0.1, -0.05) is 19.9 Å². The number of carbonyl (C=O) groups is 1. The summed E-state index contributed by atoms with van der Waals surface area (Å²) in [7, 11) is 0. The molecule has 0 saturated heterocycles. The first-order valence-electron chi connectivity index (χ1n) is 4.49. The SMILES string of the molecule is CC(C)C1CC=CC(=O)C(O)C1. The minimum absolute atomic E-state index is 0.141. The highest BCUT2D eigenvalue weighted by Crippen LogP contribution is 2.24. The van der Waals surface area contributed by atoms with Gasteiger partial charge in [0.25, 0.3) is 0 Å². The molecular formula is C10H16O2. The second-order valence-electron chi connectivity index (χ2n) is 3.80. The zero-order chi connectivity index (χ0) is 9.14. The largest absolute Gasteiger partial charge is 0.385 e. The summed E-state index contributed by atoms with van der Waals surface area (Å²) in [6.45, 7) is 4.25. The van der Waals surface area contributed by atoms with Crippen LogP contribution in [0.2, 0.25) is 0 Å². The predicted molar refractivity (Wildman–Crippen MR) is 47.7 cm³/mol. The fraction of sp³-hybridized carbons (Fsp3) is 0.700. The van der Waals surface area contributed by atoms with E-state index >= 15 is 0 Å². The summed E-state index contributed by atoms with van der Waals surface area (Å²) >= 11 is 0. The van der Waals surface area contributed by atoms with E-state index in [9.17, 15) is 9.90 Å². The Labute approximate surface area is 73.3 Å². The molecule has 2 heteroatoms. The third-order valence-electron chi connectivity index (χ3n) is 2.52. The topological polar surface area (TPSA) is 37.3 Å². The standard InChI is InChI=1S/C10H16O2/c1-7(2)8-4-3-5-9(11)10(12)6-8/h3,5,7-8,10,12H,4,6H2,1-2H3. The van der Waals surface area contributed by atoms with E-state index in [0.29, 0.717) is 18.3 Å². The van der Waals surface area contributed by atoms with E-state index in [4.69, 9.17) is 0 Å². The molecule has 0 saturated carbocycles. The lowest BCUT2D eigenvalue weighted by Crippen LogP contribution is -2.21. The molecule has 2 nitrogen and oxygen atoms in total. The maximum Gasteiger partial charge on any atom is 0.183 e. The van der Waals surface area contributed by atoms with Crippen LogP contribution in [0.1, 0.15) is 26.7 Å².